The number of nitrogens with zero attached hydrogens (tertiary/aromatic N) is 6. The normalized spacial score (nSPS) is 18.1. The van der Waals surface area contributed by atoms with Crippen molar-refractivity contribution in [2.24, 2.45) is 5.10 Å². The second-order valence-corrected chi connectivity index (χ2v) is 8.03. The van der Waals surface area contributed by atoms with Gasteiger partial charge in [0.05, 0.1) is 5.71 Å². The lowest BCUT2D eigenvalue weighted by Crippen LogP contribution is -2.34. The molecule has 0 unspecified atom stereocenters. The van der Waals surface area contributed by atoms with Crippen LogP contribution in [0.5, 0.6) is 0 Å². The van der Waals surface area contributed by atoms with Gasteiger partial charge in [-0.3, -0.25) is 0 Å². The number of piperidine rings is 2. The first kappa shape index (κ1) is 19.6. The minimum Gasteiger partial charge on any atom is -0.341 e. The number of nitrogens with one attached hydrogen (secondary N) is 1. The molecular weight excluding hydrogens is 362 g/mol. The van der Waals surface area contributed by atoms with E-state index in [1.807, 2.05) is 6.92 Å². The van der Waals surface area contributed by atoms with E-state index < -0.39 is 0 Å². The van der Waals surface area contributed by atoms with Crippen LogP contribution >= 0.6 is 0 Å². The Morgan fingerprint density at radius 3 is 1.83 bits per heavy atom. The fourth-order valence-electron chi connectivity index (χ4n) is 3.87. The maximum atomic E-state index is 4.82. The molecule has 0 radical (unpaired) electrons. The predicted octanol–water partition coefficient (Wildman–Crippen LogP) is 4.00. The van der Waals surface area contributed by atoms with Gasteiger partial charge in [-0.2, -0.15) is 20.1 Å². The minimum absolute atomic E-state index is 0.521. The highest BCUT2D eigenvalue weighted by atomic mass is 15.4. The molecule has 7 heteroatoms. The van der Waals surface area contributed by atoms with Gasteiger partial charge in [-0.05, 0) is 57.9 Å². The number of benzene rings is 1. The van der Waals surface area contributed by atoms with Gasteiger partial charge in [0.2, 0.25) is 17.8 Å². The van der Waals surface area contributed by atoms with Gasteiger partial charge in [0.15, 0.2) is 0 Å². The molecule has 0 saturated carbocycles. The number of rotatable bonds is 5. The summed E-state index contributed by atoms with van der Waals surface area (Å²) >= 11 is 0. The second-order valence-electron chi connectivity index (χ2n) is 8.03. The van der Waals surface area contributed by atoms with Crippen molar-refractivity contribution < 1.29 is 0 Å². The number of hydrogen-bond acceptors (Lipinski definition) is 7. The van der Waals surface area contributed by atoms with E-state index in [1.165, 1.54) is 44.1 Å². The first-order valence-electron chi connectivity index (χ1n) is 10.8. The van der Waals surface area contributed by atoms with Crippen LogP contribution in [-0.2, 0) is 0 Å². The summed E-state index contributed by atoms with van der Waals surface area (Å²) in [7, 11) is 0. The Morgan fingerprint density at radius 2 is 1.31 bits per heavy atom. The Kier molecular flexibility index (Phi) is 6.22. The quantitative estimate of drug-likeness (QED) is 0.612. The lowest BCUT2D eigenvalue weighted by Gasteiger charge is -2.30. The van der Waals surface area contributed by atoms with Crippen molar-refractivity contribution in [1.29, 1.82) is 0 Å². The topological polar surface area (TPSA) is 69.5 Å². The van der Waals surface area contributed by atoms with Crippen LogP contribution in [0.3, 0.4) is 0 Å². The molecule has 0 atom stereocenters. The highest BCUT2D eigenvalue weighted by Gasteiger charge is 2.20. The summed E-state index contributed by atoms with van der Waals surface area (Å²) in [4.78, 5) is 18.8. The van der Waals surface area contributed by atoms with Gasteiger partial charge >= 0.3 is 0 Å². The molecule has 2 aromatic rings. The molecule has 29 heavy (non-hydrogen) atoms. The Hall–Kier alpha value is -2.70. The summed E-state index contributed by atoms with van der Waals surface area (Å²) in [5, 5.41) is 4.54. The highest BCUT2D eigenvalue weighted by molar-refractivity contribution is 5.99. The monoisotopic (exact) mass is 393 g/mol. The largest absolute Gasteiger partial charge is 0.341 e. The van der Waals surface area contributed by atoms with Gasteiger partial charge in [-0.1, -0.05) is 29.8 Å². The van der Waals surface area contributed by atoms with Crippen LogP contribution in [0.25, 0.3) is 0 Å². The van der Waals surface area contributed by atoms with Gasteiger partial charge in [0.25, 0.3) is 0 Å². The molecule has 0 bridgehead atoms. The summed E-state index contributed by atoms with van der Waals surface area (Å²) in [5.41, 5.74) is 6.32. The van der Waals surface area contributed by atoms with Crippen molar-refractivity contribution in [3.63, 3.8) is 0 Å². The lowest BCUT2D eigenvalue weighted by atomic mass is 10.1. The van der Waals surface area contributed by atoms with Gasteiger partial charge < -0.3 is 9.80 Å². The van der Waals surface area contributed by atoms with Gasteiger partial charge in [-0.25, -0.2) is 5.43 Å². The maximum Gasteiger partial charge on any atom is 0.250 e. The Bertz CT molecular complexity index is 798. The zero-order valence-electron chi connectivity index (χ0n) is 17.6. The van der Waals surface area contributed by atoms with Crippen LogP contribution < -0.4 is 15.2 Å². The van der Waals surface area contributed by atoms with Crippen LogP contribution in [0.2, 0.25) is 0 Å². The average molecular weight is 394 g/mol. The third-order valence-corrected chi connectivity index (χ3v) is 5.68. The molecule has 0 amide bonds. The molecule has 154 valence electrons. The Labute approximate surface area is 173 Å². The average Bonchev–Trinajstić information content (AvgIpc) is 2.79. The van der Waals surface area contributed by atoms with E-state index in [4.69, 9.17) is 15.0 Å². The molecule has 1 aromatic heterocycles. The van der Waals surface area contributed by atoms with Gasteiger partial charge in [0.1, 0.15) is 0 Å². The fraction of sp³-hybridized carbons (Fsp3) is 0.545. The van der Waals surface area contributed by atoms with Crippen molar-refractivity contribution in [1.82, 2.24) is 15.0 Å². The zero-order chi connectivity index (χ0) is 20.1. The van der Waals surface area contributed by atoms with Gasteiger partial charge in [-0.15, -0.1) is 0 Å². The van der Waals surface area contributed by atoms with Crippen LogP contribution in [0.4, 0.5) is 17.8 Å². The van der Waals surface area contributed by atoms with Crippen molar-refractivity contribution in [2.75, 3.05) is 41.4 Å². The van der Waals surface area contributed by atoms with E-state index in [2.05, 4.69) is 51.5 Å². The Morgan fingerprint density at radius 1 is 0.793 bits per heavy atom. The van der Waals surface area contributed by atoms with Crippen LogP contribution in [0.1, 0.15) is 56.6 Å². The molecule has 4 rings (SSSR count). The predicted molar refractivity (Wildman–Crippen MR) is 119 cm³/mol. The van der Waals surface area contributed by atoms with Crippen LogP contribution in [-0.4, -0.2) is 46.8 Å². The van der Waals surface area contributed by atoms with Crippen molar-refractivity contribution in [3.8, 4) is 0 Å². The number of aromatic nitrogens is 3. The lowest BCUT2D eigenvalue weighted by molar-refractivity contribution is 0.556. The smallest absolute Gasteiger partial charge is 0.250 e. The van der Waals surface area contributed by atoms with E-state index in [0.29, 0.717) is 5.95 Å². The molecule has 1 aromatic carbocycles. The van der Waals surface area contributed by atoms with E-state index in [9.17, 15) is 0 Å². The van der Waals surface area contributed by atoms with E-state index >= 15 is 0 Å². The summed E-state index contributed by atoms with van der Waals surface area (Å²) < 4.78 is 0. The SMILES string of the molecule is C/C(=N\Nc1nc(N2CCCCC2)nc(N2CCCCC2)n1)c1ccc(C)cc1. The third-order valence-electron chi connectivity index (χ3n) is 5.68. The molecule has 2 saturated heterocycles. The standard InChI is InChI=1S/C22H31N7/c1-17-9-11-19(12-10-17)18(2)26-27-20-23-21(28-13-5-3-6-14-28)25-22(24-20)29-15-7-4-8-16-29/h9-12H,3-8,13-16H2,1-2H3,(H,23,24,25,27)/b26-18+. The molecule has 0 spiro atoms. The maximum absolute atomic E-state index is 4.82. The molecule has 3 heterocycles. The molecule has 2 fully saturated rings. The summed E-state index contributed by atoms with van der Waals surface area (Å²) in [6, 6.07) is 8.36. The van der Waals surface area contributed by atoms with Crippen molar-refractivity contribution in [2.45, 2.75) is 52.4 Å². The molecule has 2 aliphatic heterocycles. The number of hydrazone groups is 1. The van der Waals surface area contributed by atoms with Crippen LogP contribution in [0, 0.1) is 6.92 Å². The van der Waals surface area contributed by atoms with Crippen molar-refractivity contribution in [3.05, 3.63) is 35.4 Å². The summed E-state index contributed by atoms with van der Waals surface area (Å²) in [5.74, 6) is 2.06. The Balaban J connectivity index is 1.58. The van der Waals surface area contributed by atoms with Crippen molar-refractivity contribution >= 4 is 23.6 Å². The van der Waals surface area contributed by atoms with E-state index in [1.54, 1.807) is 0 Å². The van der Waals surface area contributed by atoms with E-state index in [0.717, 1.165) is 49.4 Å². The highest BCUT2D eigenvalue weighted by Crippen LogP contribution is 2.22. The number of anilines is 3. The zero-order valence-corrected chi connectivity index (χ0v) is 17.6. The first-order chi connectivity index (χ1) is 14.2. The fourth-order valence-corrected chi connectivity index (χ4v) is 3.87. The third kappa shape index (κ3) is 5.02. The number of aryl methyl sites for hydroxylation is 1. The summed E-state index contributed by atoms with van der Waals surface area (Å²) in [6.07, 6.45) is 7.34. The molecular formula is C22H31N7. The molecule has 2 aliphatic rings. The molecule has 7 nitrogen and oxygen atoms in total. The van der Waals surface area contributed by atoms with E-state index in [-0.39, 0.29) is 0 Å². The minimum atomic E-state index is 0.521. The molecule has 1 N–H and O–H groups in total. The van der Waals surface area contributed by atoms with Crippen LogP contribution in [0.15, 0.2) is 29.4 Å². The van der Waals surface area contributed by atoms with Gasteiger partial charge in [0, 0.05) is 26.2 Å². The summed E-state index contributed by atoms with van der Waals surface area (Å²) in [6.45, 7) is 8.12. The number of hydrogen-bond donors (Lipinski definition) is 1. The first-order valence-corrected chi connectivity index (χ1v) is 10.8. The second kappa shape index (κ2) is 9.20. The molecule has 0 aliphatic carbocycles.